The van der Waals surface area contributed by atoms with Crippen molar-refractivity contribution < 1.29 is 4.74 Å². The highest BCUT2D eigenvalue weighted by molar-refractivity contribution is 5.11. The van der Waals surface area contributed by atoms with Crippen LogP contribution in [0.15, 0.2) is 11.6 Å². The minimum absolute atomic E-state index is 0.491. The van der Waals surface area contributed by atoms with E-state index in [9.17, 15) is 0 Å². The smallest absolute Gasteiger partial charge is 0.102 e. The molecule has 0 bridgehead atoms. The summed E-state index contributed by atoms with van der Waals surface area (Å²) < 4.78 is 5.08. The van der Waals surface area contributed by atoms with Crippen LogP contribution in [0.2, 0.25) is 0 Å². The van der Waals surface area contributed by atoms with Gasteiger partial charge in [-0.05, 0) is 18.9 Å². The minimum atomic E-state index is 0.491. The summed E-state index contributed by atoms with van der Waals surface area (Å²) in [7, 11) is 0. The minimum Gasteiger partial charge on any atom is -0.368 e. The molecular weight excluding hydrogens is 100 g/mol. The number of allylic oxidation sites excluding steroid dienone is 1. The Bertz CT molecular complexity index is 101. The van der Waals surface area contributed by atoms with Crippen molar-refractivity contribution in [1.82, 2.24) is 0 Å². The maximum atomic E-state index is 5.08. The van der Waals surface area contributed by atoms with Crippen molar-refractivity contribution in [2.24, 2.45) is 0 Å². The maximum absolute atomic E-state index is 5.08. The Morgan fingerprint density at radius 3 is 2.62 bits per heavy atom. The fraction of sp³-hybridized carbons (Fsp3) is 0.714. The van der Waals surface area contributed by atoms with Crippen LogP contribution in [-0.4, -0.2) is 12.7 Å². The molecule has 0 radical (unpaired) electrons. The van der Waals surface area contributed by atoms with Crippen LogP contribution in [0.5, 0.6) is 0 Å². The second-order valence-corrected chi connectivity index (χ2v) is 2.04. The summed E-state index contributed by atoms with van der Waals surface area (Å²) in [5.74, 6) is 0. The third-order valence-electron chi connectivity index (χ3n) is 1.53. The monoisotopic (exact) mass is 112 g/mol. The van der Waals surface area contributed by atoms with Gasteiger partial charge in [0.05, 0.1) is 6.61 Å². The molecule has 1 aliphatic heterocycles. The van der Waals surface area contributed by atoms with Crippen molar-refractivity contribution in [3.8, 4) is 0 Å². The van der Waals surface area contributed by atoms with Crippen LogP contribution < -0.4 is 0 Å². The van der Waals surface area contributed by atoms with Crippen LogP contribution in [0.4, 0.5) is 0 Å². The molecule has 0 aromatic rings. The molecular formula is C7H12O. The molecule has 8 heavy (non-hydrogen) atoms. The van der Waals surface area contributed by atoms with E-state index in [4.69, 9.17) is 4.74 Å². The van der Waals surface area contributed by atoms with Crippen LogP contribution in [-0.2, 0) is 4.74 Å². The zero-order valence-electron chi connectivity index (χ0n) is 5.48. The lowest BCUT2D eigenvalue weighted by Gasteiger charge is -1.93. The first kappa shape index (κ1) is 5.83. The van der Waals surface area contributed by atoms with Crippen molar-refractivity contribution in [2.45, 2.75) is 26.4 Å². The second kappa shape index (κ2) is 2.31. The number of ether oxygens (including phenoxy) is 1. The number of epoxide rings is 1. The van der Waals surface area contributed by atoms with Crippen molar-refractivity contribution in [2.75, 3.05) is 6.61 Å². The molecule has 0 spiro atoms. The second-order valence-electron chi connectivity index (χ2n) is 2.04. The first-order valence-electron chi connectivity index (χ1n) is 3.15. The highest BCUT2D eigenvalue weighted by Crippen LogP contribution is 2.21. The molecule has 46 valence electrons. The number of rotatable bonds is 2. The first-order valence-corrected chi connectivity index (χ1v) is 3.15. The average Bonchev–Trinajstić information content (AvgIpc) is 2.53. The molecule has 1 unspecified atom stereocenters. The lowest BCUT2D eigenvalue weighted by Crippen LogP contribution is -1.88. The molecule has 0 aromatic carbocycles. The van der Waals surface area contributed by atoms with Gasteiger partial charge in [0.1, 0.15) is 6.10 Å². The normalized spacial score (nSPS) is 28.2. The lowest BCUT2D eigenvalue weighted by molar-refractivity contribution is 0.428. The molecule has 1 nitrogen and oxygen atoms in total. The third-order valence-corrected chi connectivity index (χ3v) is 1.53. The van der Waals surface area contributed by atoms with Gasteiger partial charge in [0.15, 0.2) is 0 Å². The van der Waals surface area contributed by atoms with Crippen LogP contribution in [0.25, 0.3) is 0 Å². The fourth-order valence-electron chi connectivity index (χ4n) is 0.880. The van der Waals surface area contributed by atoms with Gasteiger partial charge in [0, 0.05) is 0 Å². The summed E-state index contributed by atoms with van der Waals surface area (Å²) in [6.07, 6.45) is 3.78. The van der Waals surface area contributed by atoms with E-state index in [0.717, 1.165) is 13.0 Å². The van der Waals surface area contributed by atoms with E-state index in [0.29, 0.717) is 6.10 Å². The van der Waals surface area contributed by atoms with E-state index >= 15 is 0 Å². The van der Waals surface area contributed by atoms with Gasteiger partial charge < -0.3 is 4.74 Å². The SMILES string of the molecule is C/C=C(/CC)C1CO1. The summed E-state index contributed by atoms with van der Waals surface area (Å²) in [5.41, 5.74) is 1.45. The molecule has 1 rings (SSSR count). The molecule has 1 heteroatoms. The summed E-state index contributed by atoms with van der Waals surface area (Å²) in [6.45, 7) is 5.19. The molecule has 0 aliphatic carbocycles. The summed E-state index contributed by atoms with van der Waals surface area (Å²) in [6, 6.07) is 0. The Labute approximate surface area is 50.3 Å². The lowest BCUT2D eigenvalue weighted by atomic mass is 10.1. The van der Waals surface area contributed by atoms with Crippen LogP contribution in [0.3, 0.4) is 0 Å². The van der Waals surface area contributed by atoms with Gasteiger partial charge in [-0.1, -0.05) is 13.0 Å². The predicted octanol–water partition coefficient (Wildman–Crippen LogP) is 1.74. The molecule has 0 N–H and O–H groups in total. The summed E-state index contributed by atoms with van der Waals surface area (Å²) in [5, 5.41) is 0. The molecule has 0 saturated carbocycles. The molecule has 0 aromatic heterocycles. The Morgan fingerprint density at radius 1 is 1.88 bits per heavy atom. The Morgan fingerprint density at radius 2 is 2.50 bits per heavy atom. The van der Waals surface area contributed by atoms with Gasteiger partial charge in [0.25, 0.3) is 0 Å². The van der Waals surface area contributed by atoms with E-state index in [1.54, 1.807) is 0 Å². The Hall–Kier alpha value is -0.300. The van der Waals surface area contributed by atoms with Gasteiger partial charge in [-0.15, -0.1) is 0 Å². The van der Waals surface area contributed by atoms with E-state index < -0.39 is 0 Å². The zero-order valence-corrected chi connectivity index (χ0v) is 5.48. The molecule has 0 amide bonds. The molecule has 1 heterocycles. The zero-order chi connectivity index (χ0) is 5.98. The van der Waals surface area contributed by atoms with Crippen molar-refractivity contribution in [3.63, 3.8) is 0 Å². The standard InChI is InChI=1S/C7H12O/c1-3-6(4-2)7-5-8-7/h3,7H,4-5H2,1-2H3/b6-3-. The van der Waals surface area contributed by atoms with E-state index in [1.807, 2.05) is 0 Å². The Balaban J connectivity index is 2.37. The van der Waals surface area contributed by atoms with E-state index in [1.165, 1.54) is 5.57 Å². The number of hydrogen-bond acceptors (Lipinski definition) is 1. The van der Waals surface area contributed by atoms with Crippen molar-refractivity contribution in [1.29, 1.82) is 0 Å². The highest BCUT2D eigenvalue weighted by Gasteiger charge is 2.24. The number of hydrogen-bond donors (Lipinski definition) is 0. The van der Waals surface area contributed by atoms with E-state index in [-0.39, 0.29) is 0 Å². The van der Waals surface area contributed by atoms with Gasteiger partial charge in [0.2, 0.25) is 0 Å². The Kier molecular flexibility index (Phi) is 1.69. The van der Waals surface area contributed by atoms with Gasteiger partial charge in [-0.3, -0.25) is 0 Å². The molecule has 1 aliphatic rings. The van der Waals surface area contributed by atoms with Gasteiger partial charge in [-0.25, -0.2) is 0 Å². The first-order chi connectivity index (χ1) is 3.88. The largest absolute Gasteiger partial charge is 0.368 e. The molecule has 1 atom stereocenters. The van der Waals surface area contributed by atoms with Gasteiger partial charge in [-0.2, -0.15) is 0 Å². The predicted molar refractivity (Wildman–Crippen MR) is 33.8 cm³/mol. The topological polar surface area (TPSA) is 12.5 Å². The van der Waals surface area contributed by atoms with Gasteiger partial charge >= 0.3 is 0 Å². The molecule has 1 fully saturated rings. The van der Waals surface area contributed by atoms with Crippen molar-refractivity contribution >= 4 is 0 Å². The summed E-state index contributed by atoms with van der Waals surface area (Å²) in [4.78, 5) is 0. The van der Waals surface area contributed by atoms with Crippen LogP contribution in [0, 0.1) is 0 Å². The van der Waals surface area contributed by atoms with E-state index in [2.05, 4.69) is 19.9 Å². The van der Waals surface area contributed by atoms with Crippen LogP contribution >= 0.6 is 0 Å². The quantitative estimate of drug-likeness (QED) is 0.391. The summed E-state index contributed by atoms with van der Waals surface area (Å²) >= 11 is 0. The maximum Gasteiger partial charge on any atom is 0.102 e. The average molecular weight is 112 g/mol. The highest BCUT2D eigenvalue weighted by atomic mass is 16.6. The van der Waals surface area contributed by atoms with Crippen molar-refractivity contribution in [3.05, 3.63) is 11.6 Å². The van der Waals surface area contributed by atoms with Crippen LogP contribution in [0.1, 0.15) is 20.3 Å². The third kappa shape index (κ3) is 1.10. The fourth-order valence-corrected chi connectivity index (χ4v) is 0.880. The molecule has 1 saturated heterocycles.